The molecule has 2 unspecified atom stereocenters. The summed E-state index contributed by atoms with van der Waals surface area (Å²) in [6, 6.07) is 8.39. The van der Waals surface area contributed by atoms with Gasteiger partial charge >= 0.3 is 0 Å². The molecule has 0 heterocycles. The smallest absolute Gasteiger partial charge is 0.0568 e. The van der Waals surface area contributed by atoms with Crippen molar-refractivity contribution in [2.24, 2.45) is 27.0 Å². The summed E-state index contributed by atoms with van der Waals surface area (Å²) in [6.45, 7) is 7.17. The van der Waals surface area contributed by atoms with Crippen molar-refractivity contribution in [3.8, 4) is 0 Å². The maximum absolute atomic E-state index is 4.60. The third kappa shape index (κ3) is 2.27. The number of rotatable bonds is 3. The Kier molecular flexibility index (Phi) is 3.62. The Labute approximate surface area is 134 Å². The van der Waals surface area contributed by atoms with E-state index in [4.69, 9.17) is 0 Å². The summed E-state index contributed by atoms with van der Waals surface area (Å²) in [6.07, 6.45) is 5.60. The molecule has 1 aromatic carbocycles. The van der Waals surface area contributed by atoms with Crippen LogP contribution in [0.15, 0.2) is 34.5 Å². The van der Waals surface area contributed by atoms with Crippen LogP contribution >= 0.6 is 0 Å². The number of hydrogen-bond acceptors (Lipinski definition) is 3. The molecule has 0 N–H and O–H groups in total. The van der Waals surface area contributed by atoms with Gasteiger partial charge in [0, 0.05) is 30.9 Å². The molecule has 2 aliphatic carbocycles. The van der Waals surface area contributed by atoms with Crippen LogP contribution in [0.4, 0.5) is 5.69 Å². The zero-order chi connectivity index (χ0) is 16.0. The predicted octanol–water partition coefficient (Wildman–Crippen LogP) is 4.37. The van der Waals surface area contributed by atoms with E-state index in [2.05, 4.69) is 60.1 Å². The fourth-order valence-electron chi connectivity index (χ4n) is 4.10. The predicted molar refractivity (Wildman–Crippen MR) is 95.0 cm³/mol. The Morgan fingerprint density at radius 2 is 1.82 bits per heavy atom. The maximum Gasteiger partial charge on any atom is 0.0568 e. The van der Waals surface area contributed by atoms with Crippen LogP contribution in [0.2, 0.25) is 0 Å². The molecule has 0 aliphatic heterocycles. The van der Waals surface area contributed by atoms with Crippen molar-refractivity contribution in [3.05, 3.63) is 29.8 Å². The van der Waals surface area contributed by atoms with E-state index in [1.807, 2.05) is 20.3 Å². The molecule has 3 heteroatoms. The normalized spacial score (nSPS) is 31.3. The van der Waals surface area contributed by atoms with E-state index >= 15 is 0 Å². The molecule has 2 atom stereocenters. The highest BCUT2D eigenvalue weighted by molar-refractivity contribution is 5.94. The summed E-state index contributed by atoms with van der Waals surface area (Å²) in [5, 5.41) is 8.98. The van der Waals surface area contributed by atoms with Crippen LogP contribution in [-0.2, 0) is 0 Å². The Hall–Kier alpha value is -1.64. The molecule has 0 radical (unpaired) electrons. The summed E-state index contributed by atoms with van der Waals surface area (Å²) in [7, 11) is 4.10. The van der Waals surface area contributed by atoms with Gasteiger partial charge in [-0.2, -0.15) is 10.2 Å². The summed E-state index contributed by atoms with van der Waals surface area (Å²) in [5.41, 5.74) is 4.21. The molecule has 118 valence electrons. The van der Waals surface area contributed by atoms with Gasteiger partial charge < -0.3 is 4.90 Å². The average molecular weight is 297 g/mol. The molecule has 0 aromatic heterocycles. The molecule has 0 spiro atoms. The monoisotopic (exact) mass is 297 g/mol. The summed E-state index contributed by atoms with van der Waals surface area (Å²) < 4.78 is 0. The highest BCUT2D eigenvalue weighted by Gasteiger charge is 2.59. The number of benzene rings is 1. The lowest BCUT2D eigenvalue weighted by Gasteiger charge is -2.34. The molecule has 2 bridgehead atoms. The number of nitrogens with zero attached hydrogens (tertiary/aromatic N) is 3. The largest absolute Gasteiger partial charge is 0.378 e. The van der Waals surface area contributed by atoms with Crippen molar-refractivity contribution in [2.75, 3.05) is 19.0 Å². The first-order chi connectivity index (χ1) is 10.3. The van der Waals surface area contributed by atoms with Gasteiger partial charge in [0.15, 0.2) is 0 Å². The fraction of sp³-hybridized carbons (Fsp3) is 0.579. The summed E-state index contributed by atoms with van der Waals surface area (Å²) in [4.78, 5) is 2.10. The molecule has 3 nitrogen and oxygen atoms in total. The number of fused-ring (bicyclic) bond motifs is 2. The molecule has 22 heavy (non-hydrogen) atoms. The molecule has 0 saturated heterocycles. The topological polar surface area (TPSA) is 28.0 Å². The lowest BCUT2D eigenvalue weighted by Crippen LogP contribution is -2.32. The second kappa shape index (κ2) is 5.22. The Balaban J connectivity index is 1.75. The number of hydrogen-bond donors (Lipinski definition) is 0. The van der Waals surface area contributed by atoms with E-state index in [0.29, 0.717) is 5.41 Å². The van der Waals surface area contributed by atoms with Gasteiger partial charge in [-0.3, -0.25) is 0 Å². The van der Waals surface area contributed by atoms with Crippen LogP contribution in [0.3, 0.4) is 0 Å². The van der Waals surface area contributed by atoms with Gasteiger partial charge in [-0.05, 0) is 48.3 Å². The SMILES string of the molecule is CN(C)c1ccc(/C=N/N=C2\CC3CCC2(C)C3(C)C)cc1. The lowest BCUT2D eigenvalue weighted by molar-refractivity contribution is 0.194. The van der Waals surface area contributed by atoms with E-state index in [9.17, 15) is 0 Å². The Bertz CT molecular complexity index is 610. The molecule has 2 saturated carbocycles. The third-order valence-electron chi connectivity index (χ3n) is 6.31. The first-order valence-electron chi connectivity index (χ1n) is 8.22. The van der Waals surface area contributed by atoms with Crippen molar-refractivity contribution in [1.82, 2.24) is 0 Å². The van der Waals surface area contributed by atoms with Crippen LogP contribution in [0.25, 0.3) is 0 Å². The van der Waals surface area contributed by atoms with Crippen molar-refractivity contribution in [1.29, 1.82) is 0 Å². The Morgan fingerprint density at radius 3 is 2.32 bits per heavy atom. The zero-order valence-corrected chi connectivity index (χ0v) is 14.4. The minimum absolute atomic E-state index is 0.240. The van der Waals surface area contributed by atoms with Crippen LogP contribution in [0, 0.1) is 16.7 Å². The third-order valence-corrected chi connectivity index (χ3v) is 6.31. The minimum atomic E-state index is 0.240. The second-order valence-corrected chi connectivity index (χ2v) is 7.77. The van der Waals surface area contributed by atoms with Gasteiger partial charge in [-0.1, -0.05) is 32.9 Å². The van der Waals surface area contributed by atoms with E-state index in [1.54, 1.807) is 0 Å². The van der Waals surface area contributed by atoms with E-state index in [-0.39, 0.29) is 5.41 Å². The first kappa shape index (κ1) is 15.3. The Morgan fingerprint density at radius 1 is 1.14 bits per heavy atom. The molecular weight excluding hydrogens is 270 g/mol. The molecule has 1 aromatic rings. The maximum atomic E-state index is 4.60. The van der Waals surface area contributed by atoms with Crippen LogP contribution in [0.5, 0.6) is 0 Å². The lowest BCUT2D eigenvalue weighted by atomic mass is 9.70. The van der Waals surface area contributed by atoms with Crippen molar-refractivity contribution < 1.29 is 0 Å². The van der Waals surface area contributed by atoms with Gasteiger partial charge in [0.2, 0.25) is 0 Å². The molecule has 2 fully saturated rings. The average Bonchev–Trinajstić information content (AvgIpc) is 2.81. The summed E-state index contributed by atoms with van der Waals surface area (Å²) in [5.74, 6) is 0.783. The van der Waals surface area contributed by atoms with Gasteiger partial charge in [0.1, 0.15) is 0 Å². The van der Waals surface area contributed by atoms with Gasteiger partial charge in [-0.15, -0.1) is 0 Å². The van der Waals surface area contributed by atoms with Gasteiger partial charge in [-0.25, -0.2) is 0 Å². The van der Waals surface area contributed by atoms with Crippen molar-refractivity contribution in [2.45, 2.75) is 40.0 Å². The highest BCUT2D eigenvalue weighted by Crippen LogP contribution is 2.63. The fourth-order valence-corrected chi connectivity index (χ4v) is 4.10. The molecule has 0 amide bonds. The minimum Gasteiger partial charge on any atom is -0.378 e. The van der Waals surface area contributed by atoms with E-state index in [1.165, 1.54) is 24.2 Å². The first-order valence-corrected chi connectivity index (χ1v) is 8.22. The molecular formula is C19H27N3. The standard InChI is InChI=1S/C19H27N3/c1-18(2)15-10-11-19(18,3)17(12-15)21-20-13-14-6-8-16(9-7-14)22(4)5/h6-9,13,15H,10-12H2,1-5H3/b20-13+,21-17+. The summed E-state index contributed by atoms with van der Waals surface area (Å²) >= 11 is 0. The van der Waals surface area contributed by atoms with Crippen molar-refractivity contribution >= 4 is 17.6 Å². The van der Waals surface area contributed by atoms with Crippen LogP contribution < -0.4 is 4.90 Å². The zero-order valence-electron chi connectivity index (χ0n) is 14.4. The highest BCUT2D eigenvalue weighted by atomic mass is 15.2. The van der Waals surface area contributed by atoms with Crippen molar-refractivity contribution in [3.63, 3.8) is 0 Å². The number of anilines is 1. The van der Waals surface area contributed by atoms with Gasteiger partial charge in [0.25, 0.3) is 0 Å². The second-order valence-electron chi connectivity index (χ2n) is 7.77. The van der Waals surface area contributed by atoms with Crippen LogP contribution in [0.1, 0.15) is 45.6 Å². The van der Waals surface area contributed by atoms with E-state index in [0.717, 1.165) is 17.9 Å². The van der Waals surface area contributed by atoms with Gasteiger partial charge in [0.05, 0.1) is 6.21 Å². The molecule has 2 aliphatic rings. The quantitative estimate of drug-likeness (QED) is 0.601. The van der Waals surface area contributed by atoms with E-state index < -0.39 is 0 Å². The molecule has 3 rings (SSSR count). The van der Waals surface area contributed by atoms with Crippen LogP contribution in [-0.4, -0.2) is 26.0 Å².